The first-order chi connectivity index (χ1) is 22.2. The second-order valence-electron chi connectivity index (χ2n) is 12.2. The van der Waals surface area contributed by atoms with Gasteiger partial charge in [0.05, 0.1) is 6.61 Å². The van der Waals surface area contributed by atoms with Gasteiger partial charge in [0, 0.05) is 6.54 Å². The van der Waals surface area contributed by atoms with Gasteiger partial charge < -0.3 is 19.9 Å². The number of amides is 1. The van der Waals surface area contributed by atoms with Crippen LogP contribution < -0.4 is 5.32 Å². The molecule has 246 valence electrons. The minimum absolute atomic E-state index is 0.00892. The van der Waals surface area contributed by atoms with Crippen LogP contribution in [0.2, 0.25) is 0 Å². The van der Waals surface area contributed by atoms with Crippen LogP contribution in [0.3, 0.4) is 0 Å². The molecule has 3 aromatic rings. The zero-order chi connectivity index (χ0) is 31.8. The van der Waals surface area contributed by atoms with Crippen LogP contribution in [0, 0.1) is 0 Å². The number of rotatable bonds is 24. The number of carbonyl (C=O) groups excluding carboxylic acids is 1. The number of carbonyl (C=O) groups is 1. The molecule has 0 aliphatic carbocycles. The van der Waals surface area contributed by atoms with Gasteiger partial charge in [-0.05, 0) is 23.1 Å². The standard InChI is InChI=1S/C40H57NO4/c1-2-3-4-5-6-7-8-9-10-11-12-13-14-15-25-32-41-39(43)44-33-38(42)34-45-40(35-26-19-16-20-27-35,36-28-21-17-22-29-36)37-30-23-18-24-31-37/h16-24,26-31,38,42H,2-15,25,32-34H2,1H3,(H,41,43)/t38-/m0/s1. The van der Waals surface area contributed by atoms with Crippen molar-refractivity contribution in [3.8, 4) is 0 Å². The van der Waals surface area contributed by atoms with Crippen molar-refractivity contribution in [3.05, 3.63) is 108 Å². The molecule has 0 heterocycles. The molecule has 45 heavy (non-hydrogen) atoms. The average molecular weight is 616 g/mol. The molecular weight excluding hydrogens is 558 g/mol. The number of aliphatic hydroxyl groups is 1. The van der Waals surface area contributed by atoms with Crippen LogP contribution in [0.4, 0.5) is 4.79 Å². The van der Waals surface area contributed by atoms with Gasteiger partial charge in [-0.2, -0.15) is 0 Å². The van der Waals surface area contributed by atoms with E-state index in [1.54, 1.807) is 0 Å². The summed E-state index contributed by atoms with van der Waals surface area (Å²) in [7, 11) is 0. The number of hydrogen-bond donors (Lipinski definition) is 2. The predicted molar refractivity (Wildman–Crippen MR) is 185 cm³/mol. The first-order valence-electron chi connectivity index (χ1n) is 17.6. The molecule has 0 aliphatic rings. The van der Waals surface area contributed by atoms with Crippen molar-refractivity contribution in [2.24, 2.45) is 0 Å². The molecule has 0 radical (unpaired) electrons. The number of aliphatic hydroxyl groups excluding tert-OH is 1. The summed E-state index contributed by atoms with van der Waals surface area (Å²) in [6.45, 7) is 2.71. The van der Waals surface area contributed by atoms with Crippen LogP contribution in [0.25, 0.3) is 0 Å². The molecule has 1 atom stereocenters. The Morgan fingerprint density at radius 3 is 1.38 bits per heavy atom. The summed E-state index contributed by atoms with van der Waals surface area (Å²) in [5.74, 6) is 0. The largest absolute Gasteiger partial charge is 0.447 e. The van der Waals surface area contributed by atoms with Crippen LogP contribution in [0.1, 0.15) is 120 Å². The third-order valence-corrected chi connectivity index (χ3v) is 8.49. The Labute approximate surface area is 272 Å². The summed E-state index contributed by atoms with van der Waals surface area (Å²) >= 11 is 0. The van der Waals surface area contributed by atoms with E-state index < -0.39 is 17.8 Å². The number of nitrogens with one attached hydrogen (secondary N) is 1. The van der Waals surface area contributed by atoms with Gasteiger partial charge in [-0.15, -0.1) is 0 Å². The summed E-state index contributed by atoms with van der Waals surface area (Å²) in [6, 6.07) is 30.1. The van der Waals surface area contributed by atoms with E-state index >= 15 is 0 Å². The topological polar surface area (TPSA) is 67.8 Å². The SMILES string of the molecule is CCCCCCCCCCCCCCCCCNC(=O)OC[C@H](O)COC(c1ccccc1)(c1ccccc1)c1ccccc1. The van der Waals surface area contributed by atoms with E-state index in [-0.39, 0.29) is 13.2 Å². The fraction of sp³-hybridized carbons (Fsp3) is 0.525. The first kappa shape index (κ1) is 36.3. The second-order valence-corrected chi connectivity index (χ2v) is 12.2. The first-order valence-corrected chi connectivity index (χ1v) is 17.6. The lowest BCUT2D eigenvalue weighted by atomic mass is 9.80. The highest BCUT2D eigenvalue weighted by molar-refractivity contribution is 5.67. The molecule has 0 aromatic heterocycles. The maximum absolute atomic E-state index is 12.3. The Morgan fingerprint density at radius 1 is 0.600 bits per heavy atom. The van der Waals surface area contributed by atoms with Crippen LogP contribution in [-0.2, 0) is 15.1 Å². The Balaban J connectivity index is 1.32. The van der Waals surface area contributed by atoms with Gasteiger partial charge in [-0.25, -0.2) is 4.79 Å². The second kappa shape index (κ2) is 22.4. The van der Waals surface area contributed by atoms with Crippen LogP contribution in [0.15, 0.2) is 91.0 Å². The van der Waals surface area contributed by atoms with E-state index in [0.717, 1.165) is 29.5 Å². The molecule has 0 fully saturated rings. The Morgan fingerprint density at radius 2 is 0.978 bits per heavy atom. The molecule has 2 N–H and O–H groups in total. The lowest BCUT2D eigenvalue weighted by Crippen LogP contribution is -2.37. The zero-order valence-corrected chi connectivity index (χ0v) is 27.6. The third kappa shape index (κ3) is 13.4. The number of unbranched alkanes of at least 4 members (excludes halogenated alkanes) is 14. The van der Waals surface area contributed by atoms with E-state index in [9.17, 15) is 9.90 Å². The molecule has 0 aliphatic heterocycles. The summed E-state index contributed by atoms with van der Waals surface area (Å²) in [5.41, 5.74) is 1.94. The molecule has 3 rings (SSSR count). The van der Waals surface area contributed by atoms with Crippen molar-refractivity contribution >= 4 is 6.09 Å². The highest BCUT2D eigenvalue weighted by Crippen LogP contribution is 2.40. The zero-order valence-electron chi connectivity index (χ0n) is 27.6. The van der Waals surface area contributed by atoms with Crippen molar-refractivity contribution in [1.29, 1.82) is 0 Å². The van der Waals surface area contributed by atoms with Crippen molar-refractivity contribution in [1.82, 2.24) is 5.32 Å². The monoisotopic (exact) mass is 615 g/mol. The summed E-state index contributed by atoms with van der Waals surface area (Å²) < 4.78 is 11.9. The van der Waals surface area contributed by atoms with Gasteiger partial charge in [-0.1, -0.05) is 188 Å². The molecule has 0 unspecified atom stereocenters. The van der Waals surface area contributed by atoms with Gasteiger partial charge in [-0.3, -0.25) is 0 Å². The fourth-order valence-electron chi connectivity index (χ4n) is 5.95. The molecular formula is C40H57NO4. The Kier molecular flexibility index (Phi) is 18.1. The third-order valence-electron chi connectivity index (χ3n) is 8.49. The van der Waals surface area contributed by atoms with E-state index in [1.165, 1.54) is 83.5 Å². The lowest BCUT2D eigenvalue weighted by molar-refractivity contribution is -0.0541. The summed E-state index contributed by atoms with van der Waals surface area (Å²) in [5, 5.41) is 13.6. The van der Waals surface area contributed by atoms with Crippen molar-refractivity contribution in [2.45, 2.75) is 115 Å². The minimum atomic E-state index is -0.975. The quantitative estimate of drug-likeness (QED) is 0.0777. The van der Waals surface area contributed by atoms with E-state index in [0.29, 0.717) is 6.54 Å². The smallest absolute Gasteiger partial charge is 0.407 e. The predicted octanol–water partition coefficient (Wildman–Crippen LogP) is 9.95. The average Bonchev–Trinajstić information content (AvgIpc) is 3.09. The van der Waals surface area contributed by atoms with Crippen LogP contribution in [-0.4, -0.2) is 37.1 Å². The van der Waals surface area contributed by atoms with Crippen molar-refractivity contribution in [2.75, 3.05) is 19.8 Å². The van der Waals surface area contributed by atoms with Gasteiger partial charge in [0.25, 0.3) is 0 Å². The van der Waals surface area contributed by atoms with Gasteiger partial charge in [0.1, 0.15) is 18.3 Å². The maximum atomic E-state index is 12.3. The fourth-order valence-corrected chi connectivity index (χ4v) is 5.95. The van der Waals surface area contributed by atoms with E-state index in [2.05, 4.69) is 12.2 Å². The van der Waals surface area contributed by atoms with Crippen molar-refractivity contribution in [3.63, 3.8) is 0 Å². The number of ether oxygens (including phenoxy) is 2. The van der Waals surface area contributed by atoms with Gasteiger partial charge in [0.15, 0.2) is 0 Å². The molecule has 5 heteroatoms. The van der Waals surface area contributed by atoms with Gasteiger partial charge >= 0.3 is 6.09 Å². The molecule has 0 bridgehead atoms. The van der Waals surface area contributed by atoms with Crippen LogP contribution in [0.5, 0.6) is 0 Å². The van der Waals surface area contributed by atoms with Crippen LogP contribution >= 0.6 is 0 Å². The number of hydrogen-bond acceptors (Lipinski definition) is 4. The minimum Gasteiger partial charge on any atom is -0.447 e. The Bertz CT molecular complexity index is 1040. The number of alkyl carbamates (subject to hydrolysis) is 1. The molecule has 5 nitrogen and oxygen atoms in total. The summed E-state index contributed by atoms with van der Waals surface area (Å²) in [4.78, 5) is 12.3. The highest BCUT2D eigenvalue weighted by atomic mass is 16.6. The molecule has 3 aromatic carbocycles. The number of benzene rings is 3. The van der Waals surface area contributed by atoms with E-state index in [4.69, 9.17) is 9.47 Å². The molecule has 1 amide bonds. The maximum Gasteiger partial charge on any atom is 0.407 e. The highest BCUT2D eigenvalue weighted by Gasteiger charge is 2.38. The molecule has 0 spiro atoms. The molecule has 0 saturated carbocycles. The van der Waals surface area contributed by atoms with Crippen molar-refractivity contribution < 1.29 is 19.4 Å². The molecule has 0 saturated heterocycles. The summed E-state index contributed by atoms with van der Waals surface area (Å²) in [6.07, 6.45) is 18.2. The Hall–Kier alpha value is -3.15. The van der Waals surface area contributed by atoms with Gasteiger partial charge in [0.2, 0.25) is 0 Å². The lowest BCUT2D eigenvalue weighted by Gasteiger charge is -2.36. The van der Waals surface area contributed by atoms with E-state index in [1.807, 2.05) is 91.0 Å². The normalized spacial score (nSPS) is 12.1.